The number of hydrogen-bond donors (Lipinski definition) is 4. The maximum Gasteiger partial charge on any atom is 0.127 e. The van der Waals surface area contributed by atoms with Gasteiger partial charge in [-0.2, -0.15) is 0 Å². The normalized spacial score (nSPS) is 21.2. The number of nitrogens with two attached hydrogens (primary N) is 1. The van der Waals surface area contributed by atoms with E-state index >= 15 is 0 Å². The number of halogens is 2. The Hall–Kier alpha value is -2.50. The van der Waals surface area contributed by atoms with Crippen molar-refractivity contribution < 1.29 is 9.50 Å². The Morgan fingerprint density at radius 1 is 1.23 bits per heavy atom. The van der Waals surface area contributed by atoms with E-state index in [1.165, 1.54) is 12.1 Å². The summed E-state index contributed by atoms with van der Waals surface area (Å²) < 4.78 is 13.5. The van der Waals surface area contributed by atoms with Crippen molar-refractivity contribution in [1.29, 1.82) is 0 Å². The molecule has 0 aromatic heterocycles. The highest BCUT2D eigenvalue weighted by molar-refractivity contribution is 6.32. The Morgan fingerprint density at radius 3 is 2.54 bits per heavy atom. The lowest BCUT2D eigenvalue weighted by Gasteiger charge is -2.15. The first-order valence-corrected chi connectivity index (χ1v) is 8.53. The smallest absolute Gasteiger partial charge is 0.127 e. The molecule has 6 heteroatoms. The highest BCUT2D eigenvalue weighted by Crippen LogP contribution is 2.47. The van der Waals surface area contributed by atoms with Crippen LogP contribution in [-0.2, 0) is 0 Å². The van der Waals surface area contributed by atoms with Gasteiger partial charge in [-0.3, -0.25) is 0 Å². The van der Waals surface area contributed by atoms with Gasteiger partial charge < -0.3 is 21.5 Å². The van der Waals surface area contributed by atoms with E-state index in [2.05, 4.69) is 23.8 Å². The van der Waals surface area contributed by atoms with Gasteiger partial charge in [0.25, 0.3) is 0 Å². The largest absolute Gasteiger partial charge is 0.399 e. The summed E-state index contributed by atoms with van der Waals surface area (Å²) >= 11 is 6.29. The monoisotopic (exact) mass is 373 g/mol. The van der Waals surface area contributed by atoms with E-state index in [1.807, 2.05) is 12.1 Å². The molecule has 2 atom stereocenters. The van der Waals surface area contributed by atoms with Crippen LogP contribution in [0.2, 0.25) is 5.02 Å². The molecule has 0 bridgehead atoms. The van der Waals surface area contributed by atoms with Crippen LogP contribution in [0.1, 0.15) is 18.9 Å². The molecule has 0 aliphatic heterocycles. The second kappa shape index (κ2) is 6.67. The predicted molar refractivity (Wildman–Crippen MR) is 106 cm³/mol. The van der Waals surface area contributed by atoms with Gasteiger partial charge in [-0.15, -0.1) is 0 Å². The van der Waals surface area contributed by atoms with Crippen LogP contribution < -0.4 is 16.4 Å². The van der Waals surface area contributed by atoms with Crippen LogP contribution in [0.15, 0.2) is 55.3 Å². The van der Waals surface area contributed by atoms with Crippen molar-refractivity contribution in [3.05, 3.63) is 71.7 Å². The van der Waals surface area contributed by atoms with Crippen molar-refractivity contribution in [3.63, 3.8) is 0 Å². The summed E-state index contributed by atoms with van der Waals surface area (Å²) in [5.41, 5.74) is 8.47. The maximum atomic E-state index is 13.5. The van der Waals surface area contributed by atoms with Gasteiger partial charge >= 0.3 is 0 Å². The average Bonchev–Trinajstić information content (AvgIpc) is 3.17. The summed E-state index contributed by atoms with van der Waals surface area (Å²) in [6, 6.07) is 9.56. The van der Waals surface area contributed by atoms with E-state index in [0.29, 0.717) is 34.1 Å². The Bertz CT molecular complexity index is 874. The van der Waals surface area contributed by atoms with Crippen LogP contribution in [0.5, 0.6) is 0 Å². The molecule has 0 saturated heterocycles. The van der Waals surface area contributed by atoms with Gasteiger partial charge in [0, 0.05) is 39.9 Å². The highest BCUT2D eigenvalue weighted by atomic mass is 35.5. The molecule has 5 N–H and O–H groups in total. The zero-order chi connectivity index (χ0) is 19.1. The fourth-order valence-corrected chi connectivity index (χ4v) is 3.12. The minimum atomic E-state index is -0.693. The Morgan fingerprint density at radius 2 is 1.92 bits per heavy atom. The van der Waals surface area contributed by atoms with E-state index in [1.54, 1.807) is 19.1 Å². The number of anilines is 3. The summed E-state index contributed by atoms with van der Waals surface area (Å²) in [6.07, 6.45) is 0.689. The van der Waals surface area contributed by atoms with E-state index in [0.717, 1.165) is 11.4 Å². The molecule has 1 fully saturated rings. The predicted octanol–water partition coefficient (Wildman–Crippen LogP) is 4.84. The SMILES string of the molecule is C=C(Nc1cc(N)cc(F)c1)c1cc(NC(=C)C2CC2(C)O)ccc1Cl. The van der Waals surface area contributed by atoms with Crippen LogP contribution in [-0.4, -0.2) is 10.7 Å². The van der Waals surface area contributed by atoms with Gasteiger partial charge in [0.15, 0.2) is 0 Å². The second-order valence-corrected chi connectivity index (χ2v) is 7.24. The van der Waals surface area contributed by atoms with Gasteiger partial charge in [0.2, 0.25) is 0 Å². The molecule has 2 aromatic carbocycles. The van der Waals surface area contributed by atoms with Gasteiger partial charge in [-0.1, -0.05) is 24.8 Å². The number of nitrogen functional groups attached to an aromatic ring is 1. The van der Waals surface area contributed by atoms with E-state index in [-0.39, 0.29) is 5.92 Å². The number of rotatable bonds is 6. The molecule has 3 rings (SSSR count). The Labute approximate surface area is 157 Å². The molecule has 0 radical (unpaired) electrons. The van der Waals surface area contributed by atoms with Gasteiger partial charge in [0.05, 0.1) is 10.6 Å². The van der Waals surface area contributed by atoms with E-state index in [9.17, 15) is 9.50 Å². The first kappa shape index (κ1) is 18.3. The lowest BCUT2D eigenvalue weighted by molar-refractivity contribution is 0.158. The minimum Gasteiger partial charge on any atom is -0.399 e. The van der Waals surface area contributed by atoms with Crippen molar-refractivity contribution in [2.24, 2.45) is 5.92 Å². The van der Waals surface area contributed by atoms with Crippen LogP contribution in [0.25, 0.3) is 5.70 Å². The van der Waals surface area contributed by atoms with Crippen LogP contribution in [0.4, 0.5) is 21.5 Å². The first-order valence-electron chi connectivity index (χ1n) is 8.16. The van der Waals surface area contributed by atoms with Crippen LogP contribution >= 0.6 is 11.6 Å². The molecular formula is C20H21ClFN3O. The molecule has 2 unspecified atom stereocenters. The zero-order valence-corrected chi connectivity index (χ0v) is 15.2. The first-order chi connectivity index (χ1) is 12.2. The lowest BCUT2D eigenvalue weighted by Crippen LogP contribution is -2.10. The molecular weight excluding hydrogens is 353 g/mol. The summed E-state index contributed by atoms with van der Waals surface area (Å²) in [6.45, 7) is 9.76. The van der Waals surface area contributed by atoms with Crippen LogP contribution in [0, 0.1) is 11.7 Å². The molecule has 136 valence electrons. The lowest BCUT2D eigenvalue weighted by atomic mass is 10.1. The van der Waals surface area contributed by atoms with Crippen molar-refractivity contribution in [1.82, 2.24) is 0 Å². The highest BCUT2D eigenvalue weighted by Gasteiger charge is 2.50. The molecule has 1 aliphatic rings. The van der Waals surface area contributed by atoms with E-state index < -0.39 is 11.4 Å². The van der Waals surface area contributed by atoms with Crippen molar-refractivity contribution >= 4 is 34.4 Å². The fraction of sp³-hybridized carbons (Fsp3) is 0.200. The standard InChI is InChI=1S/C20H21ClFN3O/c1-11(24-16-7-13(22)6-14(23)8-16)17-9-15(4-5-19(17)21)25-12(2)18-10-20(18,3)26/h4-9,18,24-26H,1-2,10,23H2,3H3. The zero-order valence-electron chi connectivity index (χ0n) is 14.4. The third kappa shape index (κ3) is 4.00. The molecule has 0 spiro atoms. The van der Waals surface area contributed by atoms with Crippen molar-refractivity contribution in [2.45, 2.75) is 18.9 Å². The topological polar surface area (TPSA) is 70.3 Å². The molecule has 0 amide bonds. The summed E-state index contributed by atoms with van der Waals surface area (Å²) in [7, 11) is 0. The summed E-state index contributed by atoms with van der Waals surface area (Å²) in [5.74, 6) is -0.409. The van der Waals surface area contributed by atoms with Gasteiger partial charge in [-0.25, -0.2) is 4.39 Å². The Balaban J connectivity index is 1.76. The van der Waals surface area contributed by atoms with Crippen LogP contribution in [0.3, 0.4) is 0 Å². The summed E-state index contributed by atoms with van der Waals surface area (Å²) in [4.78, 5) is 0. The minimum absolute atomic E-state index is 0.0261. The van der Waals surface area contributed by atoms with Gasteiger partial charge in [0.1, 0.15) is 5.82 Å². The molecule has 1 saturated carbocycles. The molecule has 26 heavy (non-hydrogen) atoms. The Kier molecular flexibility index (Phi) is 4.69. The van der Waals surface area contributed by atoms with Gasteiger partial charge in [-0.05, 0) is 49.7 Å². The van der Waals surface area contributed by atoms with Crippen molar-refractivity contribution in [3.8, 4) is 0 Å². The average molecular weight is 374 g/mol. The quantitative estimate of drug-likeness (QED) is 0.547. The third-order valence-electron chi connectivity index (χ3n) is 4.44. The molecule has 2 aromatic rings. The number of nitrogens with one attached hydrogen (secondary N) is 2. The fourth-order valence-electron chi connectivity index (χ4n) is 2.89. The number of benzene rings is 2. The number of hydrogen-bond acceptors (Lipinski definition) is 4. The second-order valence-electron chi connectivity index (χ2n) is 6.84. The van der Waals surface area contributed by atoms with Crippen molar-refractivity contribution in [2.75, 3.05) is 16.4 Å². The number of aliphatic hydroxyl groups is 1. The molecule has 1 aliphatic carbocycles. The maximum absolute atomic E-state index is 13.5. The molecule has 4 nitrogen and oxygen atoms in total. The van der Waals surface area contributed by atoms with E-state index in [4.69, 9.17) is 17.3 Å². The summed E-state index contributed by atoms with van der Waals surface area (Å²) in [5, 5.41) is 16.7. The molecule has 0 heterocycles. The third-order valence-corrected chi connectivity index (χ3v) is 4.77.